The summed E-state index contributed by atoms with van der Waals surface area (Å²) in [4.78, 5) is 0. The normalized spacial score (nSPS) is 30.2. The molecule has 0 aromatic heterocycles. The van der Waals surface area contributed by atoms with Crippen molar-refractivity contribution >= 4 is 10.4 Å². The molecule has 0 bridgehead atoms. The van der Waals surface area contributed by atoms with Gasteiger partial charge in [-0.05, 0) is 6.08 Å². The summed E-state index contributed by atoms with van der Waals surface area (Å²) in [5.74, 6) is -2.09. The Morgan fingerprint density at radius 1 is 1.53 bits per heavy atom. The Kier molecular flexibility index (Phi) is 4.41. The van der Waals surface area contributed by atoms with Gasteiger partial charge >= 0.3 is 10.4 Å². The minimum atomic E-state index is -4.67. The molecule has 2 atom stereocenters. The van der Waals surface area contributed by atoms with E-state index < -0.39 is 16.2 Å². The highest BCUT2D eigenvalue weighted by molar-refractivity contribution is 7.79. The number of hydrogen-bond donors (Lipinski definition) is 4. The SMILES string of the molecule is CC1C=CC(N)(F)C=C1O.O=S(=O)(O)O. The van der Waals surface area contributed by atoms with E-state index in [1.807, 2.05) is 0 Å². The van der Waals surface area contributed by atoms with Crippen LogP contribution < -0.4 is 5.73 Å². The Balaban J connectivity index is 0.000000336. The second-order valence-electron chi connectivity index (χ2n) is 2.99. The van der Waals surface area contributed by atoms with E-state index in [0.717, 1.165) is 6.08 Å². The lowest BCUT2D eigenvalue weighted by Crippen LogP contribution is -2.32. The molecule has 0 aromatic rings. The molecule has 0 heterocycles. The van der Waals surface area contributed by atoms with Gasteiger partial charge < -0.3 is 5.11 Å². The largest absolute Gasteiger partial charge is 0.512 e. The second kappa shape index (κ2) is 4.71. The summed E-state index contributed by atoms with van der Waals surface area (Å²) in [6, 6.07) is 0. The molecule has 8 heteroatoms. The van der Waals surface area contributed by atoms with E-state index in [-0.39, 0.29) is 11.7 Å². The van der Waals surface area contributed by atoms with E-state index >= 15 is 0 Å². The zero-order valence-electron chi connectivity index (χ0n) is 7.83. The van der Waals surface area contributed by atoms with Crippen LogP contribution in [0, 0.1) is 5.92 Å². The molecular weight excluding hydrogens is 229 g/mol. The third-order valence-electron chi connectivity index (χ3n) is 1.48. The molecular formula is C7H12FNO5S. The van der Waals surface area contributed by atoms with Gasteiger partial charge in [0.1, 0.15) is 0 Å². The van der Waals surface area contributed by atoms with Gasteiger partial charge in [-0.3, -0.25) is 14.8 Å². The molecule has 0 saturated carbocycles. The van der Waals surface area contributed by atoms with Crippen molar-refractivity contribution in [3.05, 3.63) is 24.0 Å². The number of alkyl halides is 1. The summed E-state index contributed by atoms with van der Waals surface area (Å²) in [7, 11) is -4.67. The fourth-order valence-corrected chi connectivity index (χ4v) is 0.797. The first-order valence-electron chi connectivity index (χ1n) is 3.80. The summed E-state index contributed by atoms with van der Waals surface area (Å²) < 4.78 is 44.3. The highest BCUT2D eigenvalue weighted by Crippen LogP contribution is 2.21. The van der Waals surface area contributed by atoms with Gasteiger partial charge in [-0.15, -0.1) is 0 Å². The summed E-state index contributed by atoms with van der Waals surface area (Å²) in [5.41, 5.74) is 5.04. The van der Waals surface area contributed by atoms with E-state index in [1.165, 1.54) is 12.2 Å². The van der Waals surface area contributed by atoms with E-state index in [4.69, 9.17) is 28.4 Å². The topological polar surface area (TPSA) is 121 Å². The first kappa shape index (κ1) is 14.0. The highest BCUT2D eigenvalue weighted by atomic mass is 32.3. The molecule has 1 aliphatic carbocycles. The summed E-state index contributed by atoms with van der Waals surface area (Å²) >= 11 is 0. The van der Waals surface area contributed by atoms with Gasteiger partial charge in [-0.1, -0.05) is 13.0 Å². The Labute approximate surface area is 86.5 Å². The highest BCUT2D eigenvalue weighted by Gasteiger charge is 2.23. The van der Waals surface area contributed by atoms with Crippen LogP contribution in [0.2, 0.25) is 0 Å². The predicted octanol–water partition coefficient (Wildman–Crippen LogP) is 0.606. The molecule has 0 fully saturated rings. The standard InChI is InChI=1S/C7H10FNO.H2O4S/c1-5-2-3-7(8,9)4-6(5)10;1-5(2,3)4/h2-5,10H,9H2,1H3;(H2,1,2,3,4). The minimum absolute atomic E-state index is 0.00694. The number of aliphatic hydroxyl groups excluding tert-OH is 1. The van der Waals surface area contributed by atoms with Crippen LogP contribution in [0.4, 0.5) is 4.39 Å². The predicted molar refractivity (Wildman–Crippen MR) is 51.2 cm³/mol. The molecule has 0 saturated heterocycles. The molecule has 5 N–H and O–H groups in total. The molecule has 2 unspecified atom stereocenters. The third kappa shape index (κ3) is 8.06. The van der Waals surface area contributed by atoms with Crippen LogP contribution in [0.25, 0.3) is 0 Å². The minimum Gasteiger partial charge on any atom is -0.512 e. The monoisotopic (exact) mass is 241 g/mol. The lowest BCUT2D eigenvalue weighted by molar-refractivity contribution is 0.272. The molecule has 15 heavy (non-hydrogen) atoms. The van der Waals surface area contributed by atoms with Crippen LogP contribution in [0.5, 0.6) is 0 Å². The molecule has 6 nitrogen and oxygen atoms in total. The van der Waals surface area contributed by atoms with Crippen LogP contribution in [0.1, 0.15) is 6.92 Å². The van der Waals surface area contributed by atoms with Gasteiger partial charge in [0.2, 0.25) is 0 Å². The van der Waals surface area contributed by atoms with Gasteiger partial charge in [0, 0.05) is 12.0 Å². The number of rotatable bonds is 0. The number of halogens is 1. The summed E-state index contributed by atoms with van der Waals surface area (Å²) in [6.45, 7) is 1.76. The van der Waals surface area contributed by atoms with Gasteiger partial charge in [0.25, 0.3) is 0 Å². The maximum atomic E-state index is 12.7. The van der Waals surface area contributed by atoms with Crippen LogP contribution >= 0.6 is 0 Å². The lowest BCUT2D eigenvalue weighted by Gasteiger charge is -2.18. The quantitative estimate of drug-likeness (QED) is 0.280. The Morgan fingerprint density at radius 2 is 1.93 bits per heavy atom. The smallest absolute Gasteiger partial charge is 0.394 e. The van der Waals surface area contributed by atoms with Gasteiger partial charge in [0.15, 0.2) is 5.79 Å². The Morgan fingerprint density at radius 3 is 2.20 bits per heavy atom. The van der Waals surface area contributed by atoms with Crippen molar-refractivity contribution in [3.63, 3.8) is 0 Å². The van der Waals surface area contributed by atoms with E-state index in [9.17, 15) is 4.39 Å². The Hall–Kier alpha value is -0.960. The lowest BCUT2D eigenvalue weighted by atomic mass is 9.99. The summed E-state index contributed by atoms with van der Waals surface area (Å²) in [5, 5.41) is 9.00. The van der Waals surface area contributed by atoms with Crippen molar-refractivity contribution in [2.24, 2.45) is 11.7 Å². The molecule has 0 spiro atoms. The number of aliphatic hydroxyl groups is 1. The van der Waals surface area contributed by atoms with Gasteiger partial charge in [-0.2, -0.15) is 8.42 Å². The zero-order valence-corrected chi connectivity index (χ0v) is 8.65. The number of allylic oxidation sites excluding steroid dienone is 1. The fraction of sp³-hybridized carbons (Fsp3) is 0.429. The van der Waals surface area contributed by atoms with Gasteiger partial charge in [-0.25, -0.2) is 4.39 Å². The van der Waals surface area contributed by atoms with Crippen LogP contribution in [-0.2, 0) is 10.4 Å². The Bertz CT molecular complexity index is 365. The third-order valence-corrected chi connectivity index (χ3v) is 1.48. The maximum Gasteiger partial charge on any atom is 0.394 e. The van der Waals surface area contributed by atoms with Gasteiger partial charge in [0.05, 0.1) is 5.76 Å². The molecule has 88 valence electrons. The van der Waals surface area contributed by atoms with E-state index in [2.05, 4.69) is 0 Å². The first-order valence-corrected chi connectivity index (χ1v) is 5.20. The first-order chi connectivity index (χ1) is 6.51. The molecule has 1 rings (SSSR count). The second-order valence-corrected chi connectivity index (χ2v) is 3.89. The average molecular weight is 241 g/mol. The number of hydrogen-bond acceptors (Lipinski definition) is 4. The average Bonchev–Trinajstić information content (AvgIpc) is 1.93. The van der Waals surface area contributed by atoms with Crippen LogP contribution in [-0.4, -0.2) is 28.4 Å². The zero-order chi connectivity index (χ0) is 12.3. The molecule has 1 aliphatic rings. The van der Waals surface area contributed by atoms with Crippen molar-refractivity contribution in [3.8, 4) is 0 Å². The van der Waals surface area contributed by atoms with E-state index in [1.54, 1.807) is 6.92 Å². The molecule has 0 aromatic carbocycles. The van der Waals surface area contributed by atoms with Crippen LogP contribution in [0.15, 0.2) is 24.0 Å². The fourth-order valence-electron chi connectivity index (χ4n) is 0.797. The van der Waals surface area contributed by atoms with E-state index in [0.29, 0.717) is 0 Å². The van der Waals surface area contributed by atoms with Crippen LogP contribution in [0.3, 0.4) is 0 Å². The number of nitrogens with two attached hydrogens (primary N) is 1. The van der Waals surface area contributed by atoms with Crippen molar-refractivity contribution in [1.29, 1.82) is 0 Å². The van der Waals surface area contributed by atoms with Crippen molar-refractivity contribution in [1.82, 2.24) is 0 Å². The van der Waals surface area contributed by atoms with Crippen molar-refractivity contribution in [2.45, 2.75) is 12.7 Å². The van der Waals surface area contributed by atoms with Crippen molar-refractivity contribution < 1.29 is 27.0 Å². The summed E-state index contributed by atoms with van der Waals surface area (Å²) in [6.07, 6.45) is 3.78. The molecule has 0 aliphatic heterocycles. The molecule has 0 radical (unpaired) electrons. The maximum absolute atomic E-state index is 12.7. The molecule has 0 amide bonds. The van der Waals surface area contributed by atoms with Crippen molar-refractivity contribution in [2.75, 3.05) is 0 Å².